The molecule has 9 nitrogen and oxygen atoms in total. The van der Waals surface area contributed by atoms with Crippen LogP contribution in [0.1, 0.15) is 54.0 Å². The molecule has 0 radical (unpaired) electrons. The highest BCUT2D eigenvalue weighted by molar-refractivity contribution is 7.89. The van der Waals surface area contributed by atoms with Gasteiger partial charge < -0.3 is 19.7 Å². The molecule has 1 saturated carbocycles. The highest BCUT2D eigenvalue weighted by Crippen LogP contribution is 2.37. The fourth-order valence-electron chi connectivity index (χ4n) is 6.84. The van der Waals surface area contributed by atoms with Gasteiger partial charge in [-0.25, -0.2) is 12.8 Å². The Kier molecular flexibility index (Phi) is 11.8. The summed E-state index contributed by atoms with van der Waals surface area (Å²) in [6, 6.07) is 8.92. The number of ether oxygens (including phenoxy) is 2. The molecule has 1 unspecified atom stereocenters. The largest absolute Gasteiger partial charge is 0.496 e. The molecule has 2 aromatic rings. The van der Waals surface area contributed by atoms with Crippen molar-refractivity contribution in [3.63, 3.8) is 0 Å². The summed E-state index contributed by atoms with van der Waals surface area (Å²) in [4.78, 5) is 17.3. The molecule has 1 aliphatic carbocycles. The summed E-state index contributed by atoms with van der Waals surface area (Å²) < 4.78 is 53.6. The van der Waals surface area contributed by atoms with Gasteiger partial charge in [0.15, 0.2) is 0 Å². The van der Waals surface area contributed by atoms with Crippen LogP contribution in [0, 0.1) is 32.5 Å². The first-order chi connectivity index (χ1) is 20.9. The molecule has 1 amide bonds. The normalized spacial score (nSPS) is 20.9. The van der Waals surface area contributed by atoms with Gasteiger partial charge >= 0.3 is 0 Å². The van der Waals surface area contributed by atoms with E-state index in [-0.39, 0.29) is 30.4 Å². The lowest BCUT2D eigenvalue weighted by Crippen LogP contribution is -2.49. The predicted molar refractivity (Wildman–Crippen MR) is 170 cm³/mol. The molecule has 1 atom stereocenters. The Morgan fingerprint density at radius 3 is 2.34 bits per heavy atom. The minimum Gasteiger partial charge on any atom is -0.496 e. The lowest BCUT2D eigenvalue weighted by Gasteiger charge is -2.37. The Morgan fingerprint density at radius 1 is 1.05 bits per heavy atom. The molecule has 44 heavy (non-hydrogen) atoms. The Hall–Kier alpha value is -2.57. The SMILES string of the molecule is COc1cc(C)c(S(=O)(=O)N2CCN(CCOCC(=O)NC3CCC(C(c4cccc(F)c4)N(C)C)CC3)CC2)c(C)c1C. The van der Waals surface area contributed by atoms with E-state index in [1.54, 1.807) is 29.6 Å². The standard InChI is InChI=1S/C33H49FN4O5S/c1-23-20-30(42-6)24(2)25(3)33(23)44(40,41)38-16-14-37(15-17-38)18-19-43-22-31(39)35-29-12-10-26(11-13-29)32(36(4)5)27-8-7-9-28(34)21-27/h7-9,20-21,26,29,32H,10-19,22H2,1-6H3,(H,35,39). The van der Waals surface area contributed by atoms with Crippen molar-refractivity contribution in [1.29, 1.82) is 0 Å². The molecule has 1 heterocycles. The van der Waals surface area contributed by atoms with Crippen molar-refractivity contribution in [2.75, 3.05) is 67.1 Å². The average Bonchev–Trinajstić information content (AvgIpc) is 2.98. The van der Waals surface area contributed by atoms with Crippen LogP contribution < -0.4 is 10.1 Å². The molecule has 11 heteroatoms. The third kappa shape index (κ3) is 8.17. The lowest BCUT2D eigenvalue weighted by molar-refractivity contribution is -0.126. The van der Waals surface area contributed by atoms with Crippen molar-refractivity contribution >= 4 is 15.9 Å². The number of aryl methyl sites for hydroxylation is 1. The molecular weight excluding hydrogens is 583 g/mol. The summed E-state index contributed by atoms with van der Waals surface area (Å²) in [7, 11) is 2.04. The van der Waals surface area contributed by atoms with E-state index in [1.807, 2.05) is 40.9 Å². The maximum atomic E-state index is 13.9. The topological polar surface area (TPSA) is 91.4 Å². The molecule has 4 rings (SSSR count). The Balaban J connectivity index is 1.16. The van der Waals surface area contributed by atoms with Crippen LogP contribution in [-0.2, 0) is 19.6 Å². The zero-order chi connectivity index (χ0) is 32.0. The average molecular weight is 633 g/mol. The van der Waals surface area contributed by atoms with E-state index in [4.69, 9.17) is 9.47 Å². The number of carbonyl (C=O) groups excluding carboxylic acids is 1. The fraction of sp³-hybridized carbons (Fsp3) is 0.606. The number of piperazine rings is 1. The number of methoxy groups -OCH3 is 1. The van der Waals surface area contributed by atoms with Crippen molar-refractivity contribution in [2.45, 2.75) is 63.4 Å². The van der Waals surface area contributed by atoms with E-state index in [0.717, 1.165) is 42.4 Å². The first-order valence-electron chi connectivity index (χ1n) is 15.6. The van der Waals surface area contributed by atoms with Crippen molar-refractivity contribution in [1.82, 2.24) is 19.4 Å². The summed E-state index contributed by atoms with van der Waals surface area (Å²) in [5, 5.41) is 3.12. The summed E-state index contributed by atoms with van der Waals surface area (Å²) in [6.07, 6.45) is 3.70. The van der Waals surface area contributed by atoms with Gasteiger partial charge in [-0.15, -0.1) is 0 Å². The van der Waals surface area contributed by atoms with Crippen molar-refractivity contribution in [3.8, 4) is 5.75 Å². The zero-order valence-electron chi connectivity index (χ0n) is 27.1. The molecule has 0 spiro atoms. The molecule has 1 N–H and O–H groups in total. The summed E-state index contributed by atoms with van der Waals surface area (Å²) in [5.74, 6) is 0.773. The number of benzene rings is 2. The van der Waals surface area contributed by atoms with Crippen molar-refractivity contribution in [3.05, 3.63) is 58.4 Å². The van der Waals surface area contributed by atoms with E-state index >= 15 is 0 Å². The fourth-order valence-corrected chi connectivity index (χ4v) is 8.75. The van der Waals surface area contributed by atoms with Crippen molar-refractivity contribution < 1.29 is 27.1 Å². The number of sulfonamides is 1. The van der Waals surface area contributed by atoms with E-state index in [1.165, 1.54) is 6.07 Å². The van der Waals surface area contributed by atoms with Gasteiger partial charge in [-0.2, -0.15) is 4.31 Å². The number of nitrogens with zero attached hydrogens (tertiary/aromatic N) is 3. The van der Waals surface area contributed by atoms with Crippen LogP contribution in [0.3, 0.4) is 0 Å². The first kappa shape index (κ1) is 34.3. The number of rotatable bonds is 12. The highest BCUT2D eigenvalue weighted by atomic mass is 32.2. The molecule has 2 aromatic carbocycles. The molecule has 2 aliphatic rings. The predicted octanol–water partition coefficient (Wildman–Crippen LogP) is 4.06. The summed E-state index contributed by atoms with van der Waals surface area (Å²) in [5.41, 5.74) is 3.25. The van der Waals surface area contributed by atoms with Crippen LogP contribution in [-0.4, -0.2) is 102 Å². The Labute approximate surface area is 262 Å². The van der Waals surface area contributed by atoms with E-state index in [0.29, 0.717) is 61.5 Å². The molecule has 244 valence electrons. The molecule has 0 aromatic heterocycles. The van der Waals surface area contributed by atoms with Crippen LogP contribution >= 0.6 is 0 Å². The maximum Gasteiger partial charge on any atom is 0.246 e. The second-order valence-electron chi connectivity index (χ2n) is 12.4. The van der Waals surface area contributed by atoms with Gasteiger partial charge in [0.05, 0.1) is 18.6 Å². The number of carbonyl (C=O) groups is 1. The molecule has 2 fully saturated rings. The third-order valence-electron chi connectivity index (χ3n) is 9.24. The molecule has 1 saturated heterocycles. The van der Waals surface area contributed by atoms with Crippen LogP contribution in [0.4, 0.5) is 4.39 Å². The third-order valence-corrected chi connectivity index (χ3v) is 11.4. The summed E-state index contributed by atoms with van der Waals surface area (Å²) >= 11 is 0. The Morgan fingerprint density at radius 2 is 1.73 bits per heavy atom. The van der Waals surface area contributed by atoms with Gasteiger partial charge in [0.2, 0.25) is 15.9 Å². The maximum absolute atomic E-state index is 13.9. The van der Waals surface area contributed by atoms with Crippen LogP contribution in [0.5, 0.6) is 5.75 Å². The quantitative estimate of drug-likeness (QED) is 0.353. The molecular formula is C33H49FN4O5S. The van der Waals surface area contributed by atoms with Gasteiger partial charge in [0.1, 0.15) is 18.2 Å². The van der Waals surface area contributed by atoms with Crippen LogP contribution in [0.15, 0.2) is 35.2 Å². The lowest BCUT2D eigenvalue weighted by atomic mass is 9.78. The zero-order valence-corrected chi connectivity index (χ0v) is 27.9. The first-order valence-corrected chi connectivity index (χ1v) is 17.0. The second-order valence-corrected chi connectivity index (χ2v) is 14.3. The minimum absolute atomic E-state index is 0.00720. The van der Waals surface area contributed by atoms with Gasteiger partial charge in [-0.05, 0) is 107 Å². The molecule has 0 bridgehead atoms. The van der Waals surface area contributed by atoms with Crippen LogP contribution in [0.25, 0.3) is 0 Å². The molecule has 1 aliphatic heterocycles. The highest BCUT2D eigenvalue weighted by Gasteiger charge is 2.33. The second kappa shape index (κ2) is 15.1. The van der Waals surface area contributed by atoms with Crippen LogP contribution in [0.2, 0.25) is 0 Å². The van der Waals surface area contributed by atoms with Gasteiger partial charge in [-0.3, -0.25) is 9.69 Å². The Bertz CT molecular complexity index is 1390. The van der Waals surface area contributed by atoms with Gasteiger partial charge in [0, 0.05) is 44.8 Å². The number of nitrogens with one attached hydrogen (secondary N) is 1. The summed E-state index contributed by atoms with van der Waals surface area (Å²) in [6.45, 7) is 8.60. The number of halogens is 1. The van der Waals surface area contributed by atoms with E-state index in [2.05, 4.69) is 15.1 Å². The van der Waals surface area contributed by atoms with E-state index < -0.39 is 10.0 Å². The monoisotopic (exact) mass is 632 g/mol. The number of hydrogen-bond donors (Lipinski definition) is 1. The minimum atomic E-state index is -3.62. The number of amides is 1. The smallest absolute Gasteiger partial charge is 0.246 e. The van der Waals surface area contributed by atoms with Gasteiger partial charge in [0.25, 0.3) is 0 Å². The number of hydrogen-bond acceptors (Lipinski definition) is 7. The van der Waals surface area contributed by atoms with Crippen molar-refractivity contribution in [2.24, 2.45) is 5.92 Å². The van der Waals surface area contributed by atoms with Gasteiger partial charge in [-0.1, -0.05) is 12.1 Å². The van der Waals surface area contributed by atoms with E-state index in [9.17, 15) is 17.6 Å².